The number of nitrogens with one attached hydrogen (secondary N) is 1. The summed E-state index contributed by atoms with van der Waals surface area (Å²) in [7, 11) is 1.59. The van der Waals surface area contributed by atoms with Crippen LogP contribution in [0.2, 0.25) is 0 Å². The smallest absolute Gasteiger partial charge is 0.261 e. The summed E-state index contributed by atoms with van der Waals surface area (Å²) in [6, 6.07) is 12.5. The summed E-state index contributed by atoms with van der Waals surface area (Å²) in [4.78, 5) is 29.2. The Bertz CT molecular complexity index is 1020. The number of para-hydroxylation sites is 1. The fraction of sp³-hybridized carbons (Fsp3) is 0.211. The Kier molecular flexibility index (Phi) is 5.37. The molecule has 0 spiro atoms. The maximum Gasteiger partial charge on any atom is 0.261 e. The van der Waals surface area contributed by atoms with Gasteiger partial charge in [0.25, 0.3) is 5.56 Å². The molecule has 0 unspecified atom stereocenters. The predicted molar refractivity (Wildman–Crippen MR) is 103 cm³/mol. The summed E-state index contributed by atoms with van der Waals surface area (Å²) < 4.78 is 7.47. The van der Waals surface area contributed by atoms with Gasteiger partial charge in [-0.05, 0) is 31.2 Å². The molecule has 0 fully saturated rings. The van der Waals surface area contributed by atoms with E-state index in [2.05, 4.69) is 26.2 Å². The molecule has 0 saturated carbocycles. The van der Waals surface area contributed by atoms with Crippen LogP contribution in [-0.4, -0.2) is 22.6 Å². The summed E-state index contributed by atoms with van der Waals surface area (Å²) in [5.74, 6) is 0.430. The number of nitrogens with zero attached hydrogens (tertiary/aromatic N) is 2. The van der Waals surface area contributed by atoms with Crippen molar-refractivity contribution in [2.45, 2.75) is 19.5 Å². The van der Waals surface area contributed by atoms with Gasteiger partial charge in [-0.1, -0.05) is 34.1 Å². The highest BCUT2D eigenvalue weighted by Crippen LogP contribution is 2.24. The molecule has 26 heavy (non-hydrogen) atoms. The van der Waals surface area contributed by atoms with Crippen molar-refractivity contribution in [2.24, 2.45) is 0 Å². The van der Waals surface area contributed by atoms with E-state index in [1.807, 2.05) is 31.2 Å². The van der Waals surface area contributed by atoms with Crippen molar-refractivity contribution >= 4 is 32.7 Å². The molecule has 1 aromatic heterocycles. The molecule has 1 N–H and O–H groups in total. The van der Waals surface area contributed by atoms with E-state index in [1.165, 1.54) is 10.9 Å². The van der Waals surface area contributed by atoms with Gasteiger partial charge in [-0.2, -0.15) is 0 Å². The number of hydrogen-bond acceptors (Lipinski definition) is 4. The zero-order valence-electron chi connectivity index (χ0n) is 14.4. The third-order valence-corrected chi connectivity index (χ3v) is 4.58. The Balaban J connectivity index is 1.78. The van der Waals surface area contributed by atoms with Crippen LogP contribution in [-0.2, 0) is 11.3 Å². The van der Waals surface area contributed by atoms with Crippen molar-refractivity contribution in [3.05, 3.63) is 69.2 Å². The summed E-state index contributed by atoms with van der Waals surface area (Å²) in [5.41, 5.74) is 1.21. The van der Waals surface area contributed by atoms with Crippen molar-refractivity contribution in [3.63, 3.8) is 0 Å². The SMILES string of the molecule is COc1ccccc1[C@H](C)NC(=O)Cn1cnc2cc(Br)ccc2c1=O. The average Bonchev–Trinajstić information content (AvgIpc) is 2.63. The number of methoxy groups -OCH3 is 1. The number of carbonyl (C=O) groups excluding carboxylic acids is 1. The van der Waals surface area contributed by atoms with Crippen LogP contribution in [0.4, 0.5) is 0 Å². The van der Waals surface area contributed by atoms with E-state index in [1.54, 1.807) is 25.3 Å². The first-order valence-electron chi connectivity index (χ1n) is 8.06. The lowest BCUT2D eigenvalue weighted by atomic mass is 10.1. The normalized spacial score (nSPS) is 12.0. The first kappa shape index (κ1) is 18.1. The molecule has 2 aromatic carbocycles. The molecule has 0 aliphatic rings. The zero-order chi connectivity index (χ0) is 18.7. The molecule has 1 amide bonds. The lowest BCUT2D eigenvalue weighted by Gasteiger charge is -2.17. The number of aromatic nitrogens is 2. The highest BCUT2D eigenvalue weighted by Gasteiger charge is 2.15. The second kappa shape index (κ2) is 7.70. The van der Waals surface area contributed by atoms with Crippen molar-refractivity contribution in [3.8, 4) is 5.75 Å². The molecule has 0 aliphatic carbocycles. The second-order valence-electron chi connectivity index (χ2n) is 5.87. The Morgan fingerprint density at radius 3 is 2.85 bits per heavy atom. The van der Waals surface area contributed by atoms with E-state index >= 15 is 0 Å². The number of rotatable bonds is 5. The quantitative estimate of drug-likeness (QED) is 0.694. The number of hydrogen-bond donors (Lipinski definition) is 1. The fourth-order valence-corrected chi connectivity index (χ4v) is 3.14. The third kappa shape index (κ3) is 3.77. The monoisotopic (exact) mass is 415 g/mol. The minimum Gasteiger partial charge on any atom is -0.496 e. The van der Waals surface area contributed by atoms with Gasteiger partial charge in [-0.25, -0.2) is 4.98 Å². The molecule has 0 aliphatic heterocycles. The Hall–Kier alpha value is -2.67. The number of amides is 1. The van der Waals surface area contributed by atoms with Gasteiger partial charge in [-0.3, -0.25) is 14.2 Å². The van der Waals surface area contributed by atoms with Crippen LogP contribution < -0.4 is 15.6 Å². The van der Waals surface area contributed by atoms with Crippen molar-refractivity contribution in [1.82, 2.24) is 14.9 Å². The molecule has 6 nitrogen and oxygen atoms in total. The number of ether oxygens (including phenoxy) is 1. The van der Waals surface area contributed by atoms with Gasteiger partial charge >= 0.3 is 0 Å². The Labute approximate surface area is 158 Å². The van der Waals surface area contributed by atoms with Gasteiger partial charge in [0.15, 0.2) is 0 Å². The summed E-state index contributed by atoms with van der Waals surface area (Å²) in [6.07, 6.45) is 1.39. The van der Waals surface area contributed by atoms with E-state index in [4.69, 9.17) is 4.74 Å². The lowest BCUT2D eigenvalue weighted by Crippen LogP contribution is -2.34. The average molecular weight is 416 g/mol. The van der Waals surface area contributed by atoms with Crippen LogP contribution in [0, 0.1) is 0 Å². The van der Waals surface area contributed by atoms with Crippen molar-refractivity contribution in [2.75, 3.05) is 7.11 Å². The largest absolute Gasteiger partial charge is 0.496 e. The summed E-state index contributed by atoms with van der Waals surface area (Å²) in [6.45, 7) is 1.77. The molecule has 0 saturated heterocycles. The van der Waals surface area contributed by atoms with Gasteiger partial charge in [0, 0.05) is 10.0 Å². The van der Waals surface area contributed by atoms with Crippen molar-refractivity contribution < 1.29 is 9.53 Å². The molecular weight excluding hydrogens is 398 g/mol. The van der Waals surface area contributed by atoms with E-state index < -0.39 is 0 Å². The number of fused-ring (bicyclic) bond motifs is 1. The lowest BCUT2D eigenvalue weighted by molar-refractivity contribution is -0.122. The van der Waals surface area contributed by atoms with E-state index in [9.17, 15) is 9.59 Å². The number of halogens is 1. The van der Waals surface area contributed by atoms with E-state index in [0.717, 1.165) is 10.0 Å². The summed E-state index contributed by atoms with van der Waals surface area (Å²) >= 11 is 3.35. The topological polar surface area (TPSA) is 73.2 Å². The van der Waals surface area contributed by atoms with Crippen LogP contribution >= 0.6 is 15.9 Å². The standard InChI is InChI=1S/C19H18BrN3O3/c1-12(14-5-3-4-6-17(14)26-2)22-18(24)10-23-11-21-16-9-13(20)7-8-15(16)19(23)25/h3-9,11-12H,10H2,1-2H3,(H,22,24)/t12-/m0/s1. The van der Waals surface area contributed by atoms with E-state index in [-0.39, 0.29) is 24.1 Å². The predicted octanol–water partition coefficient (Wildman–Crippen LogP) is 3.05. The van der Waals surface area contributed by atoms with Crippen molar-refractivity contribution in [1.29, 1.82) is 0 Å². The fourth-order valence-electron chi connectivity index (χ4n) is 2.79. The molecule has 3 rings (SSSR count). The van der Waals surface area contributed by atoms with Crippen LogP contribution in [0.3, 0.4) is 0 Å². The molecule has 134 valence electrons. The van der Waals surface area contributed by atoms with Gasteiger partial charge in [0.2, 0.25) is 5.91 Å². The number of carbonyl (C=O) groups is 1. The summed E-state index contributed by atoms with van der Waals surface area (Å²) in [5, 5.41) is 3.36. The molecule has 1 heterocycles. The molecule has 7 heteroatoms. The molecule has 0 bridgehead atoms. The zero-order valence-corrected chi connectivity index (χ0v) is 16.0. The molecular formula is C19H18BrN3O3. The van der Waals surface area contributed by atoms with Gasteiger partial charge in [0.1, 0.15) is 12.3 Å². The maximum atomic E-state index is 12.5. The van der Waals surface area contributed by atoms with Crippen LogP contribution in [0.25, 0.3) is 10.9 Å². The first-order chi connectivity index (χ1) is 12.5. The van der Waals surface area contributed by atoms with Gasteiger partial charge in [0.05, 0.1) is 30.4 Å². The van der Waals surface area contributed by atoms with Crippen LogP contribution in [0.5, 0.6) is 5.75 Å². The Morgan fingerprint density at radius 1 is 1.31 bits per heavy atom. The molecule has 3 aromatic rings. The van der Waals surface area contributed by atoms with Gasteiger partial charge < -0.3 is 10.1 Å². The number of benzene rings is 2. The first-order valence-corrected chi connectivity index (χ1v) is 8.86. The third-order valence-electron chi connectivity index (χ3n) is 4.08. The highest BCUT2D eigenvalue weighted by atomic mass is 79.9. The molecule has 1 atom stereocenters. The van der Waals surface area contributed by atoms with E-state index in [0.29, 0.717) is 16.7 Å². The van der Waals surface area contributed by atoms with Crippen LogP contribution in [0.15, 0.2) is 58.1 Å². The maximum absolute atomic E-state index is 12.5. The van der Waals surface area contributed by atoms with Crippen LogP contribution in [0.1, 0.15) is 18.5 Å². The highest BCUT2D eigenvalue weighted by molar-refractivity contribution is 9.10. The Morgan fingerprint density at radius 2 is 2.08 bits per heavy atom. The minimum absolute atomic E-state index is 0.0999. The second-order valence-corrected chi connectivity index (χ2v) is 6.79. The molecule has 0 radical (unpaired) electrons. The minimum atomic E-state index is -0.274. The van der Waals surface area contributed by atoms with Gasteiger partial charge in [-0.15, -0.1) is 0 Å².